The SMILES string of the molecule is Cc1[nH]c2c(F)cccc2c1CC(=O)NCCc1cn2ccsc2n1. The maximum atomic E-state index is 13.8. The van der Waals surface area contributed by atoms with Crippen LogP contribution in [0.25, 0.3) is 15.9 Å². The molecule has 0 aliphatic heterocycles. The molecule has 1 amide bonds. The number of amides is 1. The van der Waals surface area contributed by atoms with E-state index in [1.54, 1.807) is 17.4 Å². The lowest BCUT2D eigenvalue weighted by molar-refractivity contribution is -0.120. The fourth-order valence-electron chi connectivity index (χ4n) is 3.04. The number of H-pyrrole nitrogens is 1. The Labute approximate surface area is 147 Å². The lowest BCUT2D eigenvalue weighted by Crippen LogP contribution is -2.27. The van der Waals surface area contributed by atoms with Crippen molar-refractivity contribution in [3.8, 4) is 0 Å². The molecule has 0 unspecified atom stereocenters. The number of hydrogen-bond donors (Lipinski definition) is 2. The molecular weight excluding hydrogens is 339 g/mol. The molecular formula is C18H17FN4OS. The highest BCUT2D eigenvalue weighted by Gasteiger charge is 2.14. The zero-order valence-electron chi connectivity index (χ0n) is 13.7. The van der Waals surface area contributed by atoms with Gasteiger partial charge in [-0.3, -0.25) is 9.20 Å². The molecule has 0 fully saturated rings. The van der Waals surface area contributed by atoms with Gasteiger partial charge in [0.05, 0.1) is 17.6 Å². The number of halogens is 1. The van der Waals surface area contributed by atoms with Crippen LogP contribution in [0.3, 0.4) is 0 Å². The van der Waals surface area contributed by atoms with Crippen molar-refractivity contribution in [3.05, 3.63) is 58.7 Å². The number of aromatic nitrogens is 3. The molecule has 0 saturated heterocycles. The molecule has 2 N–H and O–H groups in total. The average molecular weight is 356 g/mol. The largest absolute Gasteiger partial charge is 0.356 e. The Kier molecular flexibility index (Phi) is 4.01. The lowest BCUT2D eigenvalue weighted by Gasteiger charge is -2.05. The molecule has 128 valence electrons. The van der Waals surface area contributed by atoms with Crippen LogP contribution in [0.15, 0.2) is 36.0 Å². The van der Waals surface area contributed by atoms with Crippen LogP contribution in [0.1, 0.15) is 17.0 Å². The second-order valence-electron chi connectivity index (χ2n) is 5.99. The van der Waals surface area contributed by atoms with Crippen molar-refractivity contribution in [2.75, 3.05) is 6.54 Å². The number of aryl methyl sites for hydroxylation is 1. The molecule has 0 spiro atoms. The molecule has 25 heavy (non-hydrogen) atoms. The van der Waals surface area contributed by atoms with Gasteiger partial charge in [-0.25, -0.2) is 9.37 Å². The van der Waals surface area contributed by atoms with Crippen molar-refractivity contribution in [2.24, 2.45) is 0 Å². The minimum absolute atomic E-state index is 0.0747. The Balaban J connectivity index is 1.40. The summed E-state index contributed by atoms with van der Waals surface area (Å²) in [5, 5.41) is 5.67. The number of carbonyl (C=O) groups excluding carboxylic acids is 1. The Morgan fingerprint density at radius 1 is 1.44 bits per heavy atom. The standard InChI is InChI=1S/C18H17FN4OS/c1-11-14(13-3-2-4-15(19)17(13)21-11)9-16(24)20-6-5-12-10-23-7-8-25-18(23)22-12/h2-4,7-8,10,21H,5-6,9H2,1H3,(H,20,24). The molecule has 0 atom stereocenters. The van der Waals surface area contributed by atoms with Gasteiger partial charge in [0.25, 0.3) is 0 Å². The van der Waals surface area contributed by atoms with Gasteiger partial charge in [0.15, 0.2) is 4.96 Å². The molecule has 0 bridgehead atoms. The lowest BCUT2D eigenvalue weighted by atomic mass is 10.1. The van der Waals surface area contributed by atoms with Crippen LogP contribution in [0, 0.1) is 12.7 Å². The van der Waals surface area contributed by atoms with Crippen LogP contribution in [0.5, 0.6) is 0 Å². The molecule has 0 aliphatic carbocycles. The predicted octanol–water partition coefficient (Wildman–Crippen LogP) is 3.23. The van der Waals surface area contributed by atoms with E-state index in [0.29, 0.717) is 18.5 Å². The van der Waals surface area contributed by atoms with Crippen molar-refractivity contribution in [2.45, 2.75) is 19.8 Å². The summed E-state index contributed by atoms with van der Waals surface area (Å²) >= 11 is 1.58. The second kappa shape index (κ2) is 6.33. The van der Waals surface area contributed by atoms with E-state index in [-0.39, 0.29) is 18.1 Å². The Morgan fingerprint density at radius 2 is 2.32 bits per heavy atom. The Bertz CT molecular complexity index is 1030. The summed E-state index contributed by atoms with van der Waals surface area (Å²) in [4.78, 5) is 20.7. The van der Waals surface area contributed by atoms with E-state index in [0.717, 1.165) is 27.3 Å². The number of rotatable bonds is 5. The van der Waals surface area contributed by atoms with E-state index in [1.165, 1.54) is 6.07 Å². The first kappa shape index (κ1) is 15.8. The molecule has 3 heterocycles. The third-order valence-corrected chi connectivity index (χ3v) is 5.06. The van der Waals surface area contributed by atoms with Gasteiger partial charge in [-0.1, -0.05) is 12.1 Å². The minimum Gasteiger partial charge on any atom is -0.356 e. The average Bonchev–Trinajstić information content (AvgIpc) is 3.23. The molecule has 0 radical (unpaired) electrons. The van der Waals surface area contributed by atoms with Crippen LogP contribution in [0.4, 0.5) is 4.39 Å². The number of fused-ring (bicyclic) bond motifs is 2. The zero-order chi connectivity index (χ0) is 17.4. The fourth-order valence-corrected chi connectivity index (χ4v) is 3.76. The molecule has 4 aromatic rings. The predicted molar refractivity (Wildman–Crippen MR) is 96.5 cm³/mol. The Morgan fingerprint density at radius 3 is 3.16 bits per heavy atom. The highest BCUT2D eigenvalue weighted by atomic mass is 32.1. The van der Waals surface area contributed by atoms with Gasteiger partial charge in [-0.2, -0.15) is 0 Å². The quantitative estimate of drug-likeness (QED) is 0.577. The molecule has 0 saturated carbocycles. The number of imidazole rings is 1. The van der Waals surface area contributed by atoms with Crippen LogP contribution >= 0.6 is 11.3 Å². The zero-order valence-corrected chi connectivity index (χ0v) is 14.5. The fraction of sp³-hybridized carbons (Fsp3) is 0.222. The van der Waals surface area contributed by atoms with Gasteiger partial charge in [0, 0.05) is 41.8 Å². The van der Waals surface area contributed by atoms with Crippen molar-refractivity contribution < 1.29 is 9.18 Å². The van der Waals surface area contributed by atoms with E-state index in [1.807, 2.05) is 35.2 Å². The van der Waals surface area contributed by atoms with Gasteiger partial charge >= 0.3 is 0 Å². The first-order valence-electron chi connectivity index (χ1n) is 8.05. The monoisotopic (exact) mass is 356 g/mol. The summed E-state index contributed by atoms with van der Waals surface area (Å²) in [6.07, 6.45) is 4.85. The van der Waals surface area contributed by atoms with E-state index < -0.39 is 0 Å². The number of thiazole rings is 1. The van der Waals surface area contributed by atoms with Crippen molar-refractivity contribution >= 4 is 33.1 Å². The first-order chi connectivity index (χ1) is 12.1. The summed E-state index contributed by atoms with van der Waals surface area (Å²) in [5.74, 6) is -0.374. The molecule has 5 nitrogen and oxygen atoms in total. The van der Waals surface area contributed by atoms with Gasteiger partial charge < -0.3 is 10.3 Å². The van der Waals surface area contributed by atoms with Gasteiger partial charge in [-0.05, 0) is 18.6 Å². The number of benzene rings is 1. The first-order valence-corrected chi connectivity index (χ1v) is 8.93. The third-order valence-electron chi connectivity index (χ3n) is 4.29. The van der Waals surface area contributed by atoms with Gasteiger partial charge in [0.1, 0.15) is 5.82 Å². The molecule has 1 aromatic carbocycles. The third kappa shape index (κ3) is 3.02. The summed E-state index contributed by atoms with van der Waals surface area (Å²) in [5.41, 5.74) is 3.08. The number of nitrogens with zero attached hydrogens (tertiary/aromatic N) is 2. The van der Waals surface area contributed by atoms with E-state index in [9.17, 15) is 9.18 Å². The molecule has 3 aromatic heterocycles. The summed E-state index contributed by atoms with van der Waals surface area (Å²) in [6, 6.07) is 4.91. The minimum atomic E-state index is -0.299. The second-order valence-corrected chi connectivity index (χ2v) is 6.87. The topological polar surface area (TPSA) is 62.2 Å². The number of carbonyl (C=O) groups is 1. The number of aromatic amines is 1. The normalized spacial score (nSPS) is 11.4. The van der Waals surface area contributed by atoms with Crippen LogP contribution in [-0.2, 0) is 17.6 Å². The van der Waals surface area contributed by atoms with Crippen molar-refractivity contribution in [1.82, 2.24) is 19.7 Å². The smallest absolute Gasteiger partial charge is 0.224 e. The Hall–Kier alpha value is -2.67. The number of hydrogen-bond acceptors (Lipinski definition) is 3. The summed E-state index contributed by atoms with van der Waals surface area (Å²) in [6.45, 7) is 2.39. The van der Waals surface area contributed by atoms with Crippen LogP contribution < -0.4 is 5.32 Å². The summed E-state index contributed by atoms with van der Waals surface area (Å²) in [7, 11) is 0. The van der Waals surface area contributed by atoms with Crippen LogP contribution in [-0.4, -0.2) is 26.8 Å². The number of para-hydroxylation sites is 1. The molecule has 0 aliphatic rings. The number of nitrogens with one attached hydrogen (secondary N) is 2. The van der Waals surface area contributed by atoms with Gasteiger partial charge in [-0.15, -0.1) is 11.3 Å². The van der Waals surface area contributed by atoms with Crippen molar-refractivity contribution in [3.63, 3.8) is 0 Å². The summed E-state index contributed by atoms with van der Waals surface area (Å²) < 4.78 is 15.8. The van der Waals surface area contributed by atoms with Gasteiger partial charge in [0.2, 0.25) is 5.91 Å². The highest BCUT2D eigenvalue weighted by molar-refractivity contribution is 7.15. The maximum Gasteiger partial charge on any atom is 0.224 e. The van der Waals surface area contributed by atoms with Crippen molar-refractivity contribution in [1.29, 1.82) is 0 Å². The van der Waals surface area contributed by atoms with Crippen LogP contribution in [0.2, 0.25) is 0 Å². The highest BCUT2D eigenvalue weighted by Crippen LogP contribution is 2.24. The molecule has 7 heteroatoms. The van der Waals surface area contributed by atoms with E-state index in [4.69, 9.17) is 0 Å². The molecule has 4 rings (SSSR count). The van der Waals surface area contributed by atoms with E-state index in [2.05, 4.69) is 15.3 Å². The maximum absolute atomic E-state index is 13.8. The van der Waals surface area contributed by atoms with E-state index >= 15 is 0 Å².